The average molecular weight is 447 g/mol. The fourth-order valence-electron chi connectivity index (χ4n) is 4.91. The average Bonchev–Trinajstić information content (AvgIpc) is 3.48. The van der Waals surface area contributed by atoms with Gasteiger partial charge in [0.1, 0.15) is 5.04 Å². The molecule has 5 rings (SSSR count). The van der Waals surface area contributed by atoms with Gasteiger partial charge in [-0.3, -0.25) is 4.99 Å². The number of nitrogens with one attached hydrogen (secondary N) is 2. The number of aliphatic hydroxyl groups excluding tert-OH is 1. The molecule has 1 atom stereocenters. The molecule has 2 fully saturated rings. The summed E-state index contributed by atoms with van der Waals surface area (Å²) >= 11 is 8.27. The zero-order valence-corrected chi connectivity index (χ0v) is 18.9. The van der Waals surface area contributed by atoms with E-state index in [1.807, 2.05) is 23.9 Å². The van der Waals surface area contributed by atoms with Gasteiger partial charge in [0, 0.05) is 41.8 Å². The van der Waals surface area contributed by atoms with Crippen molar-refractivity contribution in [2.24, 2.45) is 4.99 Å². The minimum Gasteiger partial charge on any atom is -0.393 e. The summed E-state index contributed by atoms with van der Waals surface area (Å²) in [6, 6.07) is 7.21. The molecule has 1 aliphatic carbocycles. The van der Waals surface area contributed by atoms with Crippen LogP contribution in [0.4, 0.5) is 5.69 Å². The van der Waals surface area contributed by atoms with E-state index < -0.39 is 0 Å². The fraction of sp³-hybridized carbons (Fsp3) is 0.609. The van der Waals surface area contributed by atoms with Crippen LogP contribution in [0.1, 0.15) is 50.6 Å². The summed E-state index contributed by atoms with van der Waals surface area (Å²) in [4.78, 5) is 11.1. The molecule has 3 heterocycles. The maximum atomic E-state index is 9.68. The Morgan fingerprint density at radius 3 is 2.77 bits per heavy atom. The highest BCUT2D eigenvalue weighted by Gasteiger charge is 2.24. The van der Waals surface area contributed by atoms with Crippen LogP contribution in [0.2, 0.25) is 5.02 Å². The smallest absolute Gasteiger partial charge is 0.114 e. The normalized spacial score (nSPS) is 24.1. The quantitative estimate of drug-likeness (QED) is 0.591. The topological polar surface area (TPSA) is 63.6 Å². The molecule has 1 aromatic carbocycles. The number of H-pyrrole nitrogens is 1. The van der Waals surface area contributed by atoms with Crippen molar-refractivity contribution < 1.29 is 5.11 Å². The molecule has 0 spiro atoms. The van der Waals surface area contributed by atoms with E-state index in [0.29, 0.717) is 12.1 Å². The van der Waals surface area contributed by atoms with Crippen LogP contribution >= 0.6 is 23.4 Å². The fourth-order valence-corrected chi connectivity index (χ4v) is 6.22. The number of rotatable bonds is 6. The van der Waals surface area contributed by atoms with Gasteiger partial charge in [0.15, 0.2) is 0 Å². The van der Waals surface area contributed by atoms with Gasteiger partial charge in [-0.05, 0) is 50.3 Å². The lowest BCUT2D eigenvalue weighted by Gasteiger charge is -2.29. The number of benzene rings is 1. The van der Waals surface area contributed by atoms with Gasteiger partial charge >= 0.3 is 0 Å². The second-order valence-electron chi connectivity index (χ2n) is 8.99. The van der Waals surface area contributed by atoms with Crippen LogP contribution in [-0.4, -0.2) is 63.6 Å². The molecule has 0 bridgehead atoms. The minimum atomic E-state index is -0.100. The van der Waals surface area contributed by atoms with Crippen LogP contribution in [0.3, 0.4) is 0 Å². The number of halogens is 1. The first-order valence-corrected chi connectivity index (χ1v) is 12.7. The van der Waals surface area contributed by atoms with Gasteiger partial charge in [0.25, 0.3) is 0 Å². The second-order valence-corrected chi connectivity index (χ2v) is 10.4. The van der Waals surface area contributed by atoms with Crippen molar-refractivity contribution >= 4 is 45.0 Å². The first-order valence-electron chi connectivity index (χ1n) is 11.3. The molecule has 2 aromatic rings. The maximum Gasteiger partial charge on any atom is 0.114 e. The number of nitrogens with zero attached hydrogens (tertiary/aromatic N) is 2. The Labute approximate surface area is 187 Å². The number of aromatic nitrogens is 1. The van der Waals surface area contributed by atoms with Crippen molar-refractivity contribution in [3.63, 3.8) is 0 Å². The maximum absolute atomic E-state index is 9.68. The summed E-state index contributed by atoms with van der Waals surface area (Å²) in [5.41, 5.74) is 3.36. The third-order valence-electron chi connectivity index (χ3n) is 6.69. The second kappa shape index (κ2) is 9.11. The Morgan fingerprint density at radius 1 is 1.17 bits per heavy atom. The number of aliphatic imine (C=N–C) groups is 1. The summed E-state index contributed by atoms with van der Waals surface area (Å²) in [7, 11) is 0. The molecule has 162 valence electrons. The van der Waals surface area contributed by atoms with E-state index in [0.717, 1.165) is 77.0 Å². The van der Waals surface area contributed by atoms with E-state index in [1.54, 1.807) is 0 Å². The van der Waals surface area contributed by atoms with E-state index in [4.69, 9.17) is 16.6 Å². The van der Waals surface area contributed by atoms with Crippen molar-refractivity contribution in [1.29, 1.82) is 0 Å². The van der Waals surface area contributed by atoms with Crippen LogP contribution < -0.4 is 5.32 Å². The highest BCUT2D eigenvalue weighted by Crippen LogP contribution is 2.33. The Morgan fingerprint density at radius 2 is 1.97 bits per heavy atom. The zero-order chi connectivity index (χ0) is 20.5. The lowest BCUT2D eigenvalue weighted by atomic mass is 10.1. The lowest BCUT2D eigenvalue weighted by molar-refractivity contribution is 0.0815. The molecule has 30 heavy (non-hydrogen) atoms. The molecule has 5 nitrogen and oxygen atoms in total. The SMILES string of the molecule is OC1CCN(CCC2CSC(c3cc4cc(Cl)cc(NC5CCCC5)c4[nH]3)=N2)CC1. The van der Waals surface area contributed by atoms with Crippen LogP contribution in [0.15, 0.2) is 23.2 Å². The van der Waals surface area contributed by atoms with Crippen molar-refractivity contribution in [2.45, 2.75) is 63.1 Å². The molecule has 3 N–H and O–H groups in total. The van der Waals surface area contributed by atoms with Crippen molar-refractivity contribution in [1.82, 2.24) is 9.88 Å². The van der Waals surface area contributed by atoms with E-state index in [2.05, 4.69) is 21.3 Å². The molecule has 1 aromatic heterocycles. The third-order valence-corrected chi connectivity index (χ3v) is 8.05. The van der Waals surface area contributed by atoms with Crippen molar-refractivity contribution in [2.75, 3.05) is 30.7 Å². The predicted molar refractivity (Wildman–Crippen MR) is 128 cm³/mol. The molecule has 3 aliphatic rings. The van der Waals surface area contributed by atoms with Gasteiger partial charge in [-0.1, -0.05) is 24.4 Å². The molecular weight excluding hydrogens is 416 g/mol. The summed E-state index contributed by atoms with van der Waals surface area (Å²) in [6.45, 7) is 3.10. The summed E-state index contributed by atoms with van der Waals surface area (Å²) in [5.74, 6) is 1.05. The van der Waals surface area contributed by atoms with Gasteiger partial charge in [-0.15, -0.1) is 11.8 Å². The number of fused-ring (bicyclic) bond motifs is 1. The highest BCUT2D eigenvalue weighted by molar-refractivity contribution is 8.14. The first kappa shape index (κ1) is 20.7. The molecule has 7 heteroatoms. The number of hydrogen-bond acceptors (Lipinski definition) is 5. The van der Waals surface area contributed by atoms with Gasteiger partial charge < -0.3 is 20.3 Å². The van der Waals surface area contributed by atoms with Crippen LogP contribution in [0.5, 0.6) is 0 Å². The van der Waals surface area contributed by atoms with Crippen molar-refractivity contribution in [3.05, 3.63) is 28.9 Å². The number of aromatic amines is 1. The van der Waals surface area contributed by atoms with Crippen LogP contribution in [0.25, 0.3) is 10.9 Å². The van der Waals surface area contributed by atoms with Crippen LogP contribution in [0, 0.1) is 0 Å². The predicted octanol–water partition coefficient (Wildman–Crippen LogP) is 4.88. The lowest BCUT2D eigenvalue weighted by Crippen LogP contribution is -2.37. The zero-order valence-electron chi connectivity index (χ0n) is 17.4. The van der Waals surface area contributed by atoms with E-state index in [-0.39, 0.29) is 6.10 Å². The monoisotopic (exact) mass is 446 g/mol. The number of piperidine rings is 1. The van der Waals surface area contributed by atoms with Gasteiger partial charge in [0.2, 0.25) is 0 Å². The highest BCUT2D eigenvalue weighted by atomic mass is 35.5. The number of likely N-dealkylation sites (tertiary alicyclic amines) is 1. The Balaban J connectivity index is 1.28. The Bertz CT molecular complexity index is 915. The Hall–Kier alpha value is -1.21. The van der Waals surface area contributed by atoms with Gasteiger partial charge in [0.05, 0.1) is 29.0 Å². The summed E-state index contributed by atoms with van der Waals surface area (Å²) < 4.78 is 0. The van der Waals surface area contributed by atoms with Gasteiger partial charge in [-0.25, -0.2) is 0 Å². The summed E-state index contributed by atoms with van der Waals surface area (Å²) in [6.07, 6.45) is 7.90. The third kappa shape index (κ3) is 4.67. The molecule has 0 amide bonds. The molecular formula is C23H31ClN4OS. The number of anilines is 1. The molecule has 1 saturated heterocycles. The standard InChI is InChI=1S/C23H31ClN4OS/c24-16-11-15-12-21(27-22(15)20(13-16)25-17-3-1-2-4-17)23-26-18(14-30-23)5-8-28-9-6-19(29)7-10-28/h11-13,17-19,25,27,29H,1-10,14H2. The molecule has 0 radical (unpaired) electrons. The van der Waals surface area contributed by atoms with Crippen LogP contribution in [-0.2, 0) is 0 Å². The molecule has 2 aliphatic heterocycles. The number of thioether (sulfide) groups is 1. The molecule has 1 unspecified atom stereocenters. The Kier molecular flexibility index (Phi) is 6.28. The van der Waals surface area contributed by atoms with E-state index in [9.17, 15) is 5.11 Å². The van der Waals surface area contributed by atoms with Gasteiger partial charge in [-0.2, -0.15) is 0 Å². The van der Waals surface area contributed by atoms with E-state index >= 15 is 0 Å². The minimum absolute atomic E-state index is 0.100. The largest absolute Gasteiger partial charge is 0.393 e. The number of hydrogen-bond donors (Lipinski definition) is 3. The summed E-state index contributed by atoms with van der Waals surface area (Å²) in [5, 5.41) is 16.4. The first-order chi connectivity index (χ1) is 14.6. The molecule has 1 saturated carbocycles. The van der Waals surface area contributed by atoms with Crippen molar-refractivity contribution in [3.8, 4) is 0 Å². The van der Waals surface area contributed by atoms with E-state index in [1.165, 1.54) is 25.7 Å². The number of aliphatic hydroxyl groups is 1.